The van der Waals surface area contributed by atoms with Crippen LogP contribution in [0.25, 0.3) is 11.1 Å². The number of benzene rings is 3. The van der Waals surface area contributed by atoms with Crippen LogP contribution in [0.3, 0.4) is 0 Å². The maximum atomic E-state index is 13.0. The minimum Gasteiger partial charge on any atom is -0.314 e. The van der Waals surface area contributed by atoms with Crippen LogP contribution in [0.2, 0.25) is 5.02 Å². The minimum absolute atomic E-state index is 0.116. The molecule has 0 N–H and O–H groups in total. The number of hydrogen-bond acceptors (Lipinski definition) is 3. The molecule has 3 amide bonds. The van der Waals surface area contributed by atoms with E-state index in [2.05, 4.69) is 29.2 Å². The highest BCUT2D eigenvalue weighted by Crippen LogP contribution is 2.27. The number of likely N-dealkylation sites (tertiary alicyclic amines) is 1. The van der Waals surface area contributed by atoms with Crippen LogP contribution < -0.4 is 4.90 Å². The van der Waals surface area contributed by atoms with Crippen LogP contribution in [0.5, 0.6) is 0 Å². The largest absolute Gasteiger partial charge is 0.331 e. The predicted octanol–water partition coefficient (Wildman–Crippen LogP) is 5.61. The second kappa shape index (κ2) is 10.00. The number of hydrogen-bond donors (Lipinski definition) is 0. The zero-order chi connectivity index (χ0) is 23.5. The molecule has 174 valence electrons. The number of urea groups is 1. The van der Waals surface area contributed by atoms with Crippen LogP contribution in [0.15, 0.2) is 72.8 Å². The van der Waals surface area contributed by atoms with Crippen molar-refractivity contribution in [2.24, 2.45) is 0 Å². The van der Waals surface area contributed by atoms with Crippen LogP contribution in [0.1, 0.15) is 24.0 Å². The van der Waals surface area contributed by atoms with Gasteiger partial charge in [0.15, 0.2) is 0 Å². The summed E-state index contributed by atoms with van der Waals surface area (Å²) in [7, 11) is 0. The lowest BCUT2D eigenvalue weighted by Gasteiger charge is -2.18. The fourth-order valence-electron chi connectivity index (χ4n) is 4.70. The highest BCUT2D eigenvalue weighted by atomic mass is 35.5. The van der Waals surface area contributed by atoms with Gasteiger partial charge in [0.2, 0.25) is 0 Å². The van der Waals surface area contributed by atoms with Gasteiger partial charge in [-0.05, 0) is 78.9 Å². The number of carbonyl (C=O) groups is 2. The summed E-state index contributed by atoms with van der Waals surface area (Å²) < 4.78 is 0. The summed E-state index contributed by atoms with van der Waals surface area (Å²) in [4.78, 5) is 31.0. The van der Waals surface area contributed by atoms with Gasteiger partial charge in [0.05, 0.1) is 5.69 Å². The maximum Gasteiger partial charge on any atom is 0.331 e. The summed E-state index contributed by atoms with van der Waals surface area (Å²) in [5, 5.41) is 0.687. The molecule has 0 spiro atoms. The van der Waals surface area contributed by atoms with Crippen LogP contribution in [-0.4, -0.2) is 47.9 Å². The van der Waals surface area contributed by atoms with Crippen LogP contribution in [0.4, 0.5) is 10.5 Å². The van der Waals surface area contributed by atoms with Crippen LogP contribution >= 0.6 is 11.6 Å². The quantitative estimate of drug-likeness (QED) is 0.419. The molecule has 0 aliphatic carbocycles. The Hall–Kier alpha value is -3.15. The average molecular weight is 474 g/mol. The van der Waals surface area contributed by atoms with Gasteiger partial charge in [-0.25, -0.2) is 9.69 Å². The first-order chi connectivity index (χ1) is 16.6. The maximum absolute atomic E-state index is 13.0. The monoisotopic (exact) mass is 473 g/mol. The Bertz CT molecular complexity index is 1150. The molecule has 0 bridgehead atoms. The van der Waals surface area contributed by atoms with Crippen molar-refractivity contribution in [2.75, 3.05) is 31.1 Å². The highest BCUT2D eigenvalue weighted by Gasteiger charge is 2.36. The van der Waals surface area contributed by atoms with E-state index in [4.69, 9.17) is 11.6 Å². The topological polar surface area (TPSA) is 43.9 Å². The van der Waals surface area contributed by atoms with Gasteiger partial charge >= 0.3 is 6.03 Å². The van der Waals surface area contributed by atoms with Crippen molar-refractivity contribution in [1.82, 2.24) is 9.80 Å². The number of amides is 3. The normalized spacial score (nSPS) is 16.6. The van der Waals surface area contributed by atoms with Gasteiger partial charge in [-0.2, -0.15) is 0 Å². The summed E-state index contributed by atoms with van der Waals surface area (Å²) >= 11 is 5.97. The molecule has 0 aromatic heterocycles. The van der Waals surface area contributed by atoms with Gasteiger partial charge in [-0.15, -0.1) is 0 Å². The molecule has 0 unspecified atom stereocenters. The number of halogens is 1. The van der Waals surface area contributed by atoms with E-state index in [0.29, 0.717) is 17.3 Å². The second-order valence-electron chi connectivity index (χ2n) is 9.04. The summed E-state index contributed by atoms with van der Waals surface area (Å²) in [6.45, 7) is 4.02. The molecule has 0 saturated carbocycles. The van der Waals surface area contributed by atoms with E-state index in [-0.39, 0.29) is 18.5 Å². The van der Waals surface area contributed by atoms with Gasteiger partial charge in [-0.1, -0.05) is 60.1 Å². The first kappa shape index (κ1) is 22.6. The fourth-order valence-corrected chi connectivity index (χ4v) is 4.82. The first-order valence-corrected chi connectivity index (χ1v) is 12.2. The molecular weight excluding hydrogens is 446 g/mol. The smallest absolute Gasteiger partial charge is 0.314 e. The number of rotatable bonds is 7. The van der Waals surface area contributed by atoms with Crippen molar-refractivity contribution in [3.8, 4) is 11.1 Å². The Morgan fingerprint density at radius 3 is 1.97 bits per heavy atom. The molecule has 2 aliphatic heterocycles. The summed E-state index contributed by atoms with van der Waals surface area (Å²) in [5.74, 6) is -0.190. The molecule has 2 fully saturated rings. The third-order valence-electron chi connectivity index (χ3n) is 6.64. The third kappa shape index (κ3) is 5.01. The number of imide groups is 1. The molecule has 2 saturated heterocycles. The van der Waals surface area contributed by atoms with E-state index in [1.807, 2.05) is 48.5 Å². The third-order valence-corrected chi connectivity index (χ3v) is 6.89. The predicted molar refractivity (Wildman–Crippen MR) is 136 cm³/mol. The zero-order valence-electron chi connectivity index (χ0n) is 19.1. The SMILES string of the molecule is O=C1CN(CCc2ccc(CN3CCCC3)cc2)C(=O)N1c1ccc(-c2ccc(Cl)cc2)cc1. The lowest BCUT2D eigenvalue weighted by Crippen LogP contribution is -2.34. The summed E-state index contributed by atoms with van der Waals surface area (Å²) in [6.07, 6.45) is 3.32. The van der Waals surface area contributed by atoms with Crippen molar-refractivity contribution in [3.05, 3.63) is 88.9 Å². The number of anilines is 1. The first-order valence-electron chi connectivity index (χ1n) is 11.8. The van der Waals surface area contributed by atoms with E-state index in [1.165, 1.54) is 42.0 Å². The molecule has 3 aromatic rings. The van der Waals surface area contributed by atoms with Crippen molar-refractivity contribution in [2.45, 2.75) is 25.8 Å². The van der Waals surface area contributed by atoms with Gasteiger partial charge < -0.3 is 4.90 Å². The molecule has 0 atom stereocenters. The minimum atomic E-state index is -0.255. The van der Waals surface area contributed by atoms with E-state index in [9.17, 15) is 9.59 Å². The van der Waals surface area contributed by atoms with E-state index < -0.39 is 0 Å². The van der Waals surface area contributed by atoms with Gasteiger partial charge in [0, 0.05) is 18.1 Å². The van der Waals surface area contributed by atoms with Gasteiger partial charge in [0.25, 0.3) is 5.91 Å². The van der Waals surface area contributed by atoms with Crippen molar-refractivity contribution < 1.29 is 9.59 Å². The lowest BCUT2D eigenvalue weighted by molar-refractivity contribution is -0.116. The molecule has 6 heteroatoms. The standard InChI is InChI=1S/C28H28ClN3O2/c29-25-11-7-23(8-12-25)24-9-13-26(14-10-24)32-27(33)20-31(28(32)34)18-15-21-3-5-22(6-4-21)19-30-16-1-2-17-30/h3-14H,1-2,15-20H2. The molecule has 5 nitrogen and oxygen atoms in total. The number of nitrogens with zero attached hydrogens (tertiary/aromatic N) is 3. The Kier molecular flexibility index (Phi) is 6.66. The van der Waals surface area contributed by atoms with Crippen molar-refractivity contribution >= 4 is 29.2 Å². The van der Waals surface area contributed by atoms with E-state index in [1.54, 1.807) is 4.90 Å². The molecule has 2 aliphatic rings. The lowest BCUT2D eigenvalue weighted by atomic mass is 10.1. The highest BCUT2D eigenvalue weighted by molar-refractivity contribution is 6.30. The Labute approximate surface area is 205 Å². The molecule has 3 aromatic carbocycles. The molecule has 2 heterocycles. The Morgan fingerprint density at radius 2 is 1.32 bits per heavy atom. The Morgan fingerprint density at radius 1 is 0.735 bits per heavy atom. The van der Waals surface area contributed by atoms with Crippen molar-refractivity contribution in [1.29, 1.82) is 0 Å². The van der Waals surface area contributed by atoms with E-state index in [0.717, 1.165) is 24.1 Å². The van der Waals surface area contributed by atoms with Crippen molar-refractivity contribution in [3.63, 3.8) is 0 Å². The fraction of sp³-hybridized carbons (Fsp3) is 0.286. The zero-order valence-corrected chi connectivity index (χ0v) is 19.9. The molecule has 0 radical (unpaired) electrons. The molecular formula is C28H28ClN3O2. The second-order valence-corrected chi connectivity index (χ2v) is 9.47. The van der Waals surface area contributed by atoms with Gasteiger partial charge in [0.1, 0.15) is 6.54 Å². The molecule has 34 heavy (non-hydrogen) atoms. The van der Waals surface area contributed by atoms with E-state index >= 15 is 0 Å². The molecule has 5 rings (SSSR count). The van der Waals surface area contributed by atoms with Crippen LogP contribution in [-0.2, 0) is 17.8 Å². The Balaban J connectivity index is 1.19. The van der Waals surface area contributed by atoms with Gasteiger partial charge in [-0.3, -0.25) is 9.69 Å². The number of carbonyl (C=O) groups excluding carboxylic acids is 2. The summed E-state index contributed by atoms with van der Waals surface area (Å²) in [5.41, 5.74) is 5.14. The average Bonchev–Trinajstić information content (AvgIpc) is 3.46. The van der Waals surface area contributed by atoms with Crippen LogP contribution in [0, 0.1) is 0 Å². The summed E-state index contributed by atoms with van der Waals surface area (Å²) in [6, 6.07) is 23.5.